The summed E-state index contributed by atoms with van der Waals surface area (Å²) in [5, 5.41) is 9.43. The van der Waals surface area contributed by atoms with E-state index in [4.69, 9.17) is 0 Å². The van der Waals surface area contributed by atoms with E-state index in [0.29, 0.717) is 18.7 Å². The Morgan fingerprint density at radius 1 is 1.48 bits per heavy atom. The van der Waals surface area contributed by atoms with Gasteiger partial charge in [0.1, 0.15) is 6.04 Å². The summed E-state index contributed by atoms with van der Waals surface area (Å²) in [6.07, 6.45) is 1.37. The summed E-state index contributed by atoms with van der Waals surface area (Å²) < 4.78 is 0.915. The summed E-state index contributed by atoms with van der Waals surface area (Å²) in [5.41, 5.74) is 2.02. The highest BCUT2D eigenvalue weighted by Crippen LogP contribution is 2.30. The molecule has 1 aromatic rings. The largest absolute Gasteiger partial charge is 0.480 e. The van der Waals surface area contributed by atoms with Crippen molar-refractivity contribution in [2.45, 2.75) is 32.4 Å². The van der Waals surface area contributed by atoms with Gasteiger partial charge in [-0.25, -0.2) is 4.79 Å². The smallest absolute Gasteiger partial charge is 0.326 e. The predicted octanol–water partition coefficient (Wildman–Crippen LogP) is 2.93. The van der Waals surface area contributed by atoms with Gasteiger partial charge in [-0.3, -0.25) is 4.79 Å². The van der Waals surface area contributed by atoms with Crippen LogP contribution in [0.4, 0.5) is 0 Å². The molecule has 4 nitrogen and oxygen atoms in total. The Bertz CT molecular complexity index is 550. The molecule has 1 aliphatic rings. The molecule has 0 aliphatic carbocycles. The summed E-state index contributed by atoms with van der Waals surface area (Å²) in [6.45, 7) is 2.43. The first-order valence-electron chi connectivity index (χ1n) is 6.90. The average molecular weight is 372 g/mol. The summed E-state index contributed by atoms with van der Waals surface area (Å²) in [7, 11) is 0. The zero-order valence-electron chi connectivity index (χ0n) is 11.8. The molecule has 114 valence electrons. The molecule has 1 aromatic carbocycles. The van der Waals surface area contributed by atoms with Crippen LogP contribution in [0.3, 0.4) is 0 Å². The van der Waals surface area contributed by atoms with Crippen LogP contribution in [0.25, 0.3) is 0 Å². The van der Waals surface area contributed by atoms with Crippen molar-refractivity contribution in [3.8, 4) is 0 Å². The van der Waals surface area contributed by atoms with Crippen molar-refractivity contribution >= 4 is 39.6 Å². The van der Waals surface area contributed by atoms with Crippen molar-refractivity contribution in [1.82, 2.24) is 4.90 Å². The Balaban J connectivity index is 2.20. The zero-order valence-corrected chi connectivity index (χ0v) is 14.2. The zero-order chi connectivity index (χ0) is 15.4. The van der Waals surface area contributed by atoms with Gasteiger partial charge in [0.15, 0.2) is 0 Å². The number of carbonyl (C=O) groups excluding carboxylic acids is 1. The molecule has 1 heterocycles. The molecule has 6 heteroatoms. The molecule has 0 saturated heterocycles. The van der Waals surface area contributed by atoms with Crippen LogP contribution in [0.2, 0.25) is 0 Å². The number of nitrogens with zero attached hydrogens (tertiary/aromatic N) is 1. The molecular weight excluding hydrogens is 354 g/mol. The minimum Gasteiger partial charge on any atom is -0.480 e. The third-order valence-electron chi connectivity index (χ3n) is 3.51. The molecule has 0 spiro atoms. The summed E-state index contributed by atoms with van der Waals surface area (Å²) >= 11 is 5.03. The number of amides is 1. The fraction of sp³-hybridized carbons (Fsp3) is 0.467. The number of aliphatic carboxylic acids is 1. The molecule has 1 N–H and O–H groups in total. The van der Waals surface area contributed by atoms with Crippen molar-refractivity contribution < 1.29 is 14.7 Å². The summed E-state index contributed by atoms with van der Waals surface area (Å²) in [5.74, 6) is 0.233. The molecule has 2 rings (SSSR count). The van der Waals surface area contributed by atoms with Crippen LogP contribution in [-0.2, 0) is 22.6 Å². The van der Waals surface area contributed by atoms with Gasteiger partial charge in [-0.1, -0.05) is 35.0 Å². The molecule has 0 fully saturated rings. The number of benzene rings is 1. The lowest BCUT2D eigenvalue weighted by atomic mass is 9.94. The maximum atomic E-state index is 12.3. The number of fused-ring (bicyclic) bond motifs is 1. The van der Waals surface area contributed by atoms with Gasteiger partial charge in [-0.05, 0) is 29.4 Å². The predicted molar refractivity (Wildman–Crippen MR) is 87.4 cm³/mol. The molecule has 1 atom stereocenters. The Morgan fingerprint density at radius 2 is 2.24 bits per heavy atom. The highest BCUT2D eigenvalue weighted by atomic mass is 79.9. The van der Waals surface area contributed by atoms with Crippen molar-refractivity contribution in [2.24, 2.45) is 0 Å². The van der Waals surface area contributed by atoms with Crippen molar-refractivity contribution in [1.29, 1.82) is 0 Å². The van der Waals surface area contributed by atoms with Gasteiger partial charge in [0, 0.05) is 17.4 Å². The van der Waals surface area contributed by atoms with E-state index in [1.807, 2.05) is 18.2 Å². The lowest BCUT2D eigenvalue weighted by Crippen LogP contribution is -2.49. The Kier molecular flexibility index (Phi) is 5.70. The van der Waals surface area contributed by atoms with E-state index >= 15 is 0 Å². The van der Waals surface area contributed by atoms with Crippen molar-refractivity contribution in [3.05, 3.63) is 33.8 Å². The topological polar surface area (TPSA) is 57.6 Å². The molecule has 1 aliphatic heterocycles. The highest BCUT2D eigenvalue weighted by molar-refractivity contribution is 9.10. The minimum atomic E-state index is -0.940. The standard InChI is InChI=1S/C15H18BrNO3S/c1-2-6-21-9-14(18)17-8-10-4-3-5-12(16)11(10)7-13(17)15(19)20/h3-5,13H,2,6-9H2,1H3,(H,19,20). The number of rotatable bonds is 5. The molecule has 21 heavy (non-hydrogen) atoms. The second-order valence-corrected chi connectivity index (χ2v) is 6.97. The molecule has 0 bridgehead atoms. The summed E-state index contributed by atoms with van der Waals surface area (Å²) in [6, 6.07) is 5.01. The number of thioether (sulfide) groups is 1. The van der Waals surface area contributed by atoms with Crippen LogP contribution in [0.15, 0.2) is 22.7 Å². The van der Waals surface area contributed by atoms with E-state index in [0.717, 1.165) is 27.8 Å². The fourth-order valence-corrected chi connectivity index (χ4v) is 3.79. The number of carboxylic acid groups (broad SMARTS) is 1. The molecule has 0 radical (unpaired) electrons. The van der Waals surface area contributed by atoms with Crippen LogP contribution < -0.4 is 0 Å². The van der Waals surface area contributed by atoms with E-state index in [2.05, 4.69) is 22.9 Å². The normalized spacial score (nSPS) is 17.4. The second kappa shape index (κ2) is 7.31. The molecule has 0 saturated carbocycles. The van der Waals surface area contributed by atoms with Gasteiger partial charge in [0.2, 0.25) is 5.91 Å². The lowest BCUT2D eigenvalue weighted by Gasteiger charge is -2.35. The van der Waals surface area contributed by atoms with Gasteiger partial charge in [-0.2, -0.15) is 11.8 Å². The monoisotopic (exact) mass is 371 g/mol. The molecule has 1 unspecified atom stereocenters. The first-order valence-corrected chi connectivity index (χ1v) is 8.85. The van der Waals surface area contributed by atoms with Crippen molar-refractivity contribution in [3.63, 3.8) is 0 Å². The maximum absolute atomic E-state index is 12.3. The summed E-state index contributed by atoms with van der Waals surface area (Å²) in [4.78, 5) is 25.3. The Hall–Kier alpha value is -1.01. The number of hydrogen-bond donors (Lipinski definition) is 1. The van der Waals surface area contributed by atoms with E-state index in [1.165, 1.54) is 4.90 Å². The van der Waals surface area contributed by atoms with E-state index < -0.39 is 12.0 Å². The fourth-order valence-electron chi connectivity index (χ4n) is 2.45. The Labute approximate surface area is 137 Å². The first kappa shape index (κ1) is 16.4. The molecule has 1 amide bonds. The number of carboxylic acids is 1. The van der Waals surface area contributed by atoms with Crippen LogP contribution in [-0.4, -0.2) is 39.4 Å². The van der Waals surface area contributed by atoms with E-state index in [-0.39, 0.29) is 5.91 Å². The third-order valence-corrected chi connectivity index (χ3v) is 5.40. The van der Waals surface area contributed by atoms with Crippen LogP contribution in [0, 0.1) is 0 Å². The van der Waals surface area contributed by atoms with Gasteiger partial charge in [0.25, 0.3) is 0 Å². The maximum Gasteiger partial charge on any atom is 0.326 e. The Morgan fingerprint density at radius 3 is 2.90 bits per heavy atom. The van der Waals surface area contributed by atoms with E-state index in [1.54, 1.807) is 11.8 Å². The van der Waals surface area contributed by atoms with Gasteiger partial charge in [-0.15, -0.1) is 0 Å². The molecule has 0 aromatic heterocycles. The van der Waals surface area contributed by atoms with Gasteiger partial charge in [0.05, 0.1) is 5.75 Å². The lowest BCUT2D eigenvalue weighted by molar-refractivity contribution is -0.150. The first-order chi connectivity index (χ1) is 10.0. The number of halogens is 1. The average Bonchev–Trinajstić information content (AvgIpc) is 2.46. The minimum absolute atomic E-state index is 0.0912. The SMILES string of the molecule is CCCSCC(=O)N1Cc2cccc(Br)c2CC1C(=O)O. The third kappa shape index (κ3) is 3.80. The van der Waals surface area contributed by atoms with E-state index in [9.17, 15) is 14.7 Å². The van der Waals surface area contributed by atoms with Crippen LogP contribution >= 0.6 is 27.7 Å². The number of carbonyl (C=O) groups is 2. The van der Waals surface area contributed by atoms with Crippen molar-refractivity contribution in [2.75, 3.05) is 11.5 Å². The van der Waals surface area contributed by atoms with Crippen LogP contribution in [0.1, 0.15) is 24.5 Å². The second-order valence-electron chi connectivity index (χ2n) is 5.01. The van der Waals surface area contributed by atoms with Gasteiger partial charge >= 0.3 is 5.97 Å². The van der Waals surface area contributed by atoms with Gasteiger partial charge < -0.3 is 10.0 Å². The highest BCUT2D eigenvalue weighted by Gasteiger charge is 2.34. The molecular formula is C15H18BrNO3S. The van der Waals surface area contributed by atoms with Crippen LogP contribution in [0.5, 0.6) is 0 Å². The number of hydrogen-bond acceptors (Lipinski definition) is 3. The quantitative estimate of drug-likeness (QED) is 0.808.